The molecule has 0 radical (unpaired) electrons. The number of nitrogens with zero attached hydrogens (tertiary/aromatic N) is 2. The fraction of sp³-hybridized carbons (Fsp3) is 0.300. The molecule has 7 heteroatoms. The van der Waals surface area contributed by atoms with Crippen LogP contribution in [0, 0.1) is 12.8 Å². The van der Waals surface area contributed by atoms with Gasteiger partial charge in [0, 0.05) is 29.4 Å². The first-order chi connectivity index (χ1) is 17.7. The second-order valence-electron chi connectivity index (χ2n) is 9.04. The predicted octanol–water partition coefficient (Wildman–Crippen LogP) is 7.02. The van der Waals surface area contributed by atoms with Crippen LogP contribution in [0.5, 0.6) is 11.5 Å². The smallest absolute Gasteiger partial charge is 0.343 e. The maximum Gasteiger partial charge on any atom is 0.343 e. The molecule has 0 aliphatic carbocycles. The van der Waals surface area contributed by atoms with Gasteiger partial charge in [-0.1, -0.05) is 69.1 Å². The van der Waals surface area contributed by atoms with Crippen LogP contribution in [0.1, 0.15) is 54.7 Å². The summed E-state index contributed by atoms with van der Waals surface area (Å²) in [7, 11) is 0. The molecule has 0 fully saturated rings. The molecule has 0 atom stereocenters. The van der Waals surface area contributed by atoms with E-state index in [2.05, 4.69) is 23.7 Å². The molecule has 3 rings (SSSR count). The number of benzene rings is 3. The van der Waals surface area contributed by atoms with E-state index in [4.69, 9.17) is 21.1 Å². The monoisotopic (exact) mass is 520 g/mol. The van der Waals surface area contributed by atoms with E-state index in [1.807, 2.05) is 37.3 Å². The number of aliphatic imine (C=N–C) groups is 1. The van der Waals surface area contributed by atoms with Gasteiger partial charge in [0.2, 0.25) is 0 Å². The first-order valence-corrected chi connectivity index (χ1v) is 12.8. The summed E-state index contributed by atoms with van der Waals surface area (Å²) in [6.07, 6.45) is 1.55. The second kappa shape index (κ2) is 13.2. The number of esters is 2. The molecule has 0 saturated heterocycles. The summed E-state index contributed by atoms with van der Waals surface area (Å²) in [6.45, 7) is 12.5. The molecule has 3 aromatic carbocycles. The zero-order chi connectivity index (χ0) is 26.9. The van der Waals surface area contributed by atoms with Gasteiger partial charge in [0.1, 0.15) is 0 Å². The number of carbonyl (C=O) groups excluding carboxylic acids is 2. The Morgan fingerprint density at radius 2 is 1.70 bits per heavy atom. The van der Waals surface area contributed by atoms with Crippen LogP contribution in [0.25, 0.3) is 0 Å². The zero-order valence-electron chi connectivity index (χ0n) is 22.0. The summed E-state index contributed by atoms with van der Waals surface area (Å²) in [4.78, 5) is 32.2. The highest BCUT2D eigenvalue weighted by atomic mass is 35.5. The van der Waals surface area contributed by atoms with Crippen LogP contribution in [0.3, 0.4) is 0 Å². The molecule has 0 heterocycles. The van der Waals surface area contributed by atoms with Crippen molar-refractivity contribution in [3.63, 3.8) is 0 Å². The van der Waals surface area contributed by atoms with Crippen molar-refractivity contribution in [2.24, 2.45) is 10.9 Å². The van der Waals surface area contributed by atoms with Gasteiger partial charge in [0.05, 0.1) is 17.2 Å². The molecule has 0 bridgehead atoms. The van der Waals surface area contributed by atoms with Crippen LogP contribution in [0.4, 0.5) is 5.69 Å². The molecule has 0 aliphatic heterocycles. The van der Waals surface area contributed by atoms with Crippen molar-refractivity contribution in [1.29, 1.82) is 0 Å². The number of hydrogen-bond donors (Lipinski definition) is 0. The van der Waals surface area contributed by atoms with Crippen LogP contribution in [-0.4, -0.2) is 36.1 Å². The standard InChI is InChI=1S/C30H33ClN2O4/c1-6-33(7-2)19-22-11-13-26(14-12-22)32-18-24-16-25(31)17-27(28(24)37-29(34)20(3)4)36-30(35)23-10-8-9-21(5)15-23/h8-18,20H,6-7,19H2,1-5H3. The molecule has 3 aromatic rings. The van der Waals surface area contributed by atoms with Crippen molar-refractivity contribution < 1.29 is 19.1 Å². The number of aryl methyl sites for hydroxylation is 1. The summed E-state index contributed by atoms with van der Waals surface area (Å²) < 4.78 is 11.3. The van der Waals surface area contributed by atoms with Crippen molar-refractivity contribution >= 4 is 35.4 Å². The number of hydrogen-bond acceptors (Lipinski definition) is 6. The maximum absolute atomic E-state index is 12.8. The van der Waals surface area contributed by atoms with E-state index in [0.717, 1.165) is 30.9 Å². The fourth-order valence-electron chi connectivity index (χ4n) is 3.56. The SMILES string of the molecule is CCN(CC)Cc1ccc(N=Cc2cc(Cl)cc(OC(=O)c3cccc(C)c3)c2OC(=O)C(C)C)cc1. The highest BCUT2D eigenvalue weighted by molar-refractivity contribution is 6.31. The molecule has 0 N–H and O–H groups in total. The van der Waals surface area contributed by atoms with Gasteiger partial charge >= 0.3 is 11.9 Å². The molecule has 194 valence electrons. The van der Waals surface area contributed by atoms with E-state index in [1.54, 1.807) is 44.3 Å². The van der Waals surface area contributed by atoms with E-state index in [0.29, 0.717) is 16.1 Å². The molecular formula is C30H33ClN2O4. The highest BCUT2D eigenvalue weighted by Gasteiger charge is 2.21. The maximum atomic E-state index is 12.8. The third-order valence-corrected chi connectivity index (χ3v) is 5.99. The van der Waals surface area contributed by atoms with Crippen molar-refractivity contribution in [2.75, 3.05) is 13.1 Å². The fourth-order valence-corrected chi connectivity index (χ4v) is 3.77. The average Bonchev–Trinajstić information content (AvgIpc) is 2.88. The number of rotatable bonds is 10. The first kappa shape index (κ1) is 28.1. The van der Waals surface area contributed by atoms with Crippen LogP contribution in [0.2, 0.25) is 5.02 Å². The van der Waals surface area contributed by atoms with Gasteiger partial charge in [-0.2, -0.15) is 0 Å². The van der Waals surface area contributed by atoms with Crippen LogP contribution < -0.4 is 9.47 Å². The summed E-state index contributed by atoms with van der Waals surface area (Å²) in [5.74, 6) is -1.31. The molecule has 0 amide bonds. The van der Waals surface area contributed by atoms with Crippen LogP contribution in [0.15, 0.2) is 65.7 Å². The topological polar surface area (TPSA) is 68.2 Å². The Morgan fingerprint density at radius 3 is 2.32 bits per heavy atom. The van der Waals surface area contributed by atoms with E-state index >= 15 is 0 Å². The molecule has 6 nitrogen and oxygen atoms in total. The van der Waals surface area contributed by atoms with E-state index in [-0.39, 0.29) is 17.4 Å². The molecule has 0 unspecified atom stereocenters. The van der Waals surface area contributed by atoms with Crippen molar-refractivity contribution in [1.82, 2.24) is 4.90 Å². The van der Waals surface area contributed by atoms with Crippen LogP contribution in [-0.2, 0) is 11.3 Å². The minimum Gasteiger partial charge on any atom is -0.422 e. The lowest BCUT2D eigenvalue weighted by Crippen LogP contribution is -2.21. The Balaban J connectivity index is 1.93. The molecule has 0 aliphatic rings. The van der Waals surface area contributed by atoms with E-state index in [9.17, 15) is 9.59 Å². The Labute approximate surface area is 223 Å². The largest absolute Gasteiger partial charge is 0.422 e. The summed E-state index contributed by atoms with van der Waals surface area (Å²) in [5.41, 5.74) is 3.63. The Morgan fingerprint density at radius 1 is 1.00 bits per heavy atom. The highest BCUT2D eigenvalue weighted by Crippen LogP contribution is 2.36. The Hall–Kier alpha value is -3.48. The Bertz CT molecular complexity index is 1270. The molecule has 0 aromatic heterocycles. The van der Waals surface area contributed by atoms with Gasteiger partial charge in [-0.05, 0) is 55.9 Å². The van der Waals surface area contributed by atoms with Crippen LogP contribution >= 0.6 is 11.6 Å². The minimum absolute atomic E-state index is 0.0454. The molecular weight excluding hydrogens is 488 g/mol. The normalized spacial score (nSPS) is 11.4. The third-order valence-electron chi connectivity index (χ3n) is 5.77. The lowest BCUT2D eigenvalue weighted by atomic mass is 10.1. The van der Waals surface area contributed by atoms with Gasteiger partial charge < -0.3 is 9.47 Å². The van der Waals surface area contributed by atoms with E-state index < -0.39 is 11.9 Å². The number of halogens is 1. The second-order valence-corrected chi connectivity index (χ2v) is 9.48. The van der Waals surface area contributed by atoms with Gasteiger partial charge in [-0.25, -0.2) is 4.79 Å². The summed E-state index contributed by atoms with van der Waals surface area (Å²) in [6, 6.07) is 18.0. The molecule has 37 heavy (non-hydrogen) atoms. The van der Waals surface area contributed by atoms with Gasteiger partial charge in [0.15, 0.2) is 11.5 Å². The van der Waals surface area contributed by atoms with Crippen molar-refractivity contribution in [3.8, 4) is 11.5 Å². The molecule has 0 saturated carbocycles. The number of carbonyl (C=O) groups is 2. The lowest BCUT2D eigenvalue weighted by molar-refractivity contribution is -0.137. The van der Waals surface area contributed by atoms with E-state index in [1.165, 1.54) is 11.6 Å². The van der Waals surface area contributed by atoms with Gasteiger partial charge in [-0.3, -0.25) is 14.7 Å². The quantitative estimate of drug-likeness (QED) is 0.163. The predicted molar refractivity (Wildman–Crippen MR) is 148 cm³/mol. The Kier molecular flexibility index (Phi) is 10.0. The average molecular weight is 521 g/mol. The summed E-state index contributed by atoms with van der Waals surface area (Å²) >= 11 is 6.36. The lowest BCUT2D eigenvalue weighted by Gasteiger charge is -2.17. The third kappa shape index (κ3) is 8.00. The van der Waals surface area contributed by atoms with Crippen molar-refractivity contribution in [2.45, 2.75) is 41.2 Å². The van der Waals surface area contributed by atoms with Crippen molar-refractivity contribution in [3.05, 3.63) is 87.9 Å². The van der Waals surface area contributed by atoms with Gasteiger partial charge in [0.25, 0.3) is 0 Å². The van der Waals surface area contributed by atoms with Gasteiger partial charge in [-0.15, -0.1) is 0 Å². The zero-order valence-corrected chi connectivity index (χ0v) is 22.7. The summed E-state index contributed by atoms with van der Waals surface area (Å²) in [5, 5.41) is 0.312. The number of ether oxygens (including phenoxy) is 2. The molecule has 0 spiro atoms. The first-order valence-electron chi connectivity index (χ1n) is 12.4. The minimum atomic E-state index is -0.584.